The van der Waals surface area contributed by atoms with Gasteiger partial charge < -0.3 is 10.2 Å². The van der Waals surface area contributed by atoms with E-state index in [1.165, 1.54) is 30.6 Å². The van der Waals surface area contributed by atoms with E-state index in [1.54, 1.807) is 0 Å². The van der Waals surface area contributed by atoms with Crippen LogP contribution in [0.2, 0.25) is 0 Å². The highest BCUT2D eigenvalue weighted by Crippen LogP contribution is 2.31. The van der Waals surface area contributed by atoms with E-state index in [0.717, 1.165) is 12.2 Å². The molecule has 1 aliphatic rings. The fourth-order valence-electron chi connectivity index (χ4n) is 3.16. The number of rotatable bonds is 5. The number of pyridine rings is 1. The van der Waals surface area contributed by atoms with E-state index in [0.29, 0.717) is 18.1 Å². The molecule has 112 valence electrons. The Morgan fingerprint density at radius 3 is 2.75 bits per heavy atom. The molecule has 1 fully saturated rings. The van der Waals surface area contributed by atoms with Gasteiger partial charge in [0.05, 0.1) is 0 Å². The highest BCUT2D eigenvalue weighted by molar-refractivity contribution is 5.46. The summed E-state index contributed by atoms with van der Waals surface area (Å²) in [6, 6.07) is 6.25. The third-order valence-electron chi connectivity index (χ3n) is 4.24. The largest absolute Gasteiger partial charge is 0.351 e. The molecule has 0 saturated carbocycles. The molecule has 2 heterocycles. The van der Waals surface area contributed by atoms with Crippen LogP contribution in [-0.2, 0) is 6.54 Å². The number of hydrogen-bond donors (Lipinski definition) is 1. The van der Waals surface area contributed by atoms with Gasteiger partial charge >= 0.3 is 0 Å². The van der Waals surface area contributed by atoms with E-state index in [4.69, 9.17) is 4.98 Å². The molecule has 0 spiro atoms. The smallest absolute Gasteiger partial charge is 0.129 e. The monoisotopic (exact) mass is 275 g/mol. The number of nitrogens with one attached hydrogen (secondary N) is 1. The lowest BCUT2D eigenvalue weighted by Gasteiger charge is -2.30. The number of aromatic nitrogens is 1. The summed E-state index contributed by atoms with van der Waals surface area (Å²) < 4.78 is 0. The number of anilines is 1. The van der Waals surface area contributed by atoms with E-state index in [2.05, 4.69) is 57.0 Å². The summed E-state index contributed by atoms with van der Waals surface area (Å²) in [4.78, 5) is 7.32. The topological polar surface area (TPSA) is 28.2 Å². The fourth-order valence-corrected chi connectivity index (χ4v) is 3.16. The van der Waals surface area contributed by atoms with Gasteiger partial charge in [-0.1, -0.05) is 20.8 Å². The molecule has 0 amide bonds. The first-order valence-electron chi connectivity index (χ1n) is 8.00. The second-order valence-corrected chi connectivity index (χ2v) is 6.41. The lowest BCUT2D eigenvalue weighted by molar-refractivity contribution is 0.586. The summed E-state index contributed by atoms with van der Waals surface area (Å²) >= 11 is 0. The van der Waals surface area contributed by atoms with Crippen molar-refractivity contribution in [3.8, 4) is 0 Å². The Morgan fingerprint density at radius 1 is 1.35 bits per heavy atom. The van der Waals surface area contributed by atoms with Gasteiger partial charge in [0.15, 0.2) is 0 Å². The SMILES string of the molecule is CCC1CCC(C)N1c1cc(CNC(C)C)cc(C)n1. The second-order valence-electron chi connectivity index (χ2n) is 6.41. The van der Waals surface area contributed by atoms with Gasteiger partial charge in [0.1, 0.15) is 5.82 Å². The van der Waals surface area contributed by atoms with Gasteiger partial charge in [0.2, 0.25) is 0 Å². The van der Waals surface area contributed by atoms with Crippen molar-refractivity contribution in [3.05, 3.63) is 23.4 Å². The summed E-state index contributed by atoms with van der Waals surface area (Å²) in [5.74, 6) is 1.17. The van der Waals surface area contributed by atoms with Crippen molar-refractivity contribution in [1.29, 1.82) is 0 Å². The third kappa shape index (κ3) is 3.51. The summed E-state index contributed by atoms with van der Waals surface area (Å²) in [5.41, 5.74) is 2.46. The van der Waals surface area contributed by atoms with Gasteiger partial charge in [-0.2, -0.15) is 0 Å². The molecule has 1 aromatic heterocycles. The van der Waals surface area contributed by atoms with E-state index in [9.17, 15) is 0 Å². The average Bonchev–Trinajstić information content (AvgIpc) is 2.77. The predicted octanol–water partition coefficient (Wildman–Crippen LogP) is 3.66. The van der Waals surface area contributed by atoms with Crippen molar-refractivity contribution in [2.75, 3.05) is 4.90 Å². The summed E-state index contributed by atoms with van der Waals surface area (Å²) in [5, 5.41) is 3.50. The Morgan fingerprint density at radius 2 is 2.10 bits per heavy atom. The van der Waals surface area contributed by atoms with E-state index < -0.39 is 0 Å². The quantitative estimate of drug-likeness (QED) is 0.889. The van der Waals surface area contributed by atoms with Crippen LogP contribution in [0.15, 0.2) is 12.1 Å². The molecule has 1 N–H and O–H groups in total. The normalized spacial score (nSPS) is 22.8. The molecule has 0 radical (unpaired) electrons. The summed E-state index contributed by atoms with van der Waals surface area (Å²) in [6.45, 7) is 12.0. The highest BCUT2D eigenvalue weighted by atomic mass is 15.3. The minimum absolute atomic E-state index is 0.515. The molecule has 2 atom stereocenters. The van der Waals surface area contributed by atoms with Gasteiger partial charge in [0.25, 0.3) is 0 Å². The van der Waals surface area contributed by atoms with Crippen LogP contribution in [0.1, 0.15) is 58.2 Å². The van der Waals surface area contributed by atoms with Crippen LogP contribution in [-0.4, -0.2) is 23.1 Å². The maximum atomic E-state index is 4.79. The van der Waals surface area contributed by atoms with Crippen LogP contribution in [0.5, 0.6) is 0 Å². The lowest BCUT2D eigenvalue weighted by Crippen LogP contribution is -2.35. The van der Waals surface area contributed by atoms with Gasteiger partial charge in [-0.15, -0.1) is 0 Å². The van der Waals surface area contributed by atoms with Crippen molar-refractivity contribution < 1.29 is 0 Å². The number of hydrogen-bond acceptors (Lipinski definition) is 3. The van der Waals surface area contributed by atoms with Gasteiger partial charge in [-0.25, -0.2) is 4.98 Å². The van der Waals surface area contributed by atoms with Crippen LogP contribution < -0.4 is 10.2 Å². The number of aryl methyl sites for hydroxylation is 1. The van der Waals surface area contributed by atoms with Gasteiger partial charge in [0, 0.05) is 30.4 Å². The Labute approximate surface area is 123 Å². The van der Waals surface area contributed by atoms with Crippen LogP contribution in [0.25, 0.3) is 0 Å². The molecule has 20 heavy (non-hydrogen) atoms. The van der Waals surface area contributed by atoms with E-state index in [1.807, 2.05) is 0 Å². The molecule has 0 aliphatic carbocycles. The van der Waals surface area contributed by atoms with Crippen LogP contribution in [0.3, 0.4) is 0 Å². The standard InChI is InChI=1S/C17H29N3/c1-6-16-8-7-14(5)20(16)17-10-15(9-13(4)19-17)11-18-12(2)3/h9-10,12,14,16,18H,6-8,11H2,1-5H3. The summed E-state index contributed by atoms with van der Waals surface area (Å²) in [7, 11) is 0. The molecule has 3 heteroatoms. The minimum atomic E-state index is 0.515. The van der Waals surface area contributed by atoms with E-state index >= 15 is 0 Å². The fraction of sp³-hybridized carbons (Fsp3) is 0.706. The molecular formula is C17H29N3. The molecule has 2 unspecified atom stereocenters. The average molecular weight is 275 g/mol. The van der Waals surface area contributed by atoms with Gasteiger partial charge in [-0.3, -0.25) is 0 Å². The molecule has 1 saturated heterocycles. The van der Waals surface area contributed by atoms with Crippen molar-refractivity contribution in [2.45, 2.75) is 78.6 Å². The maximum Gasteiger partial charge on any atom is 0.129 e. The maximum absolute atomic E-state index is 4.79. The third-order valence-corrected chi connectivity index (χ3v) is 4.24. The van der Waals surface area contributed by atoms with Gasteiger partial charge in [-0.05, 0) is 50.8 Å². The first-order valence-corrected chi connectivity index (χ1v) is 8.00. The zero-order valence-electron chi connectivity index (χ0n) is 13.6. The molecule has 1 aliphatic heterocycles. The number of nitrogens with zero attached hydrogens (tertiary/aromatic N) is 2. The first kappa shape index (κ1) is 15.3. The molecule has 0 bridgehead atoms. The Balaban J connectivity index is 2.22. The lowest BCUT2D eigenvalue weighted by atomic mass is 10.1. The van der Waals surface area contributed by atoms with Crippen LogP contribution in [0.4, 0.5) is 5.82 Å². The zero-order chi connectivity index (χ0) is 14.7. The summed E-state index contributed by atoms with van der Waals surface area (Å²) in [6.07, 6.45) is 3.79. The van der Waals surface area contributed by atoms with Crippen molar-refractivity contribution >= 4 is 5.82 Å². The molecule has 2 rings (SSSR count). The predicted molar refractivity (Wildman–Crippen MR) is 86.2 cm³/mol. The van der Waals surface area contributed by atoms with Crippen LogP contribution >= 0.6 is 0 Å². The zero-order valence-corrected chi connectivity index (χ0v) is 13.6. The van der Waals surface area contributed by atoms with Crippen LogP contribution in [0, 0.1) is 6.92 Å². The molecular weight excluding hydrogens is 246 g/mol. The van der Waals surface area contributed by atoms with Crippen molar-refractivity contribution in [2.24, 2.45) is 0 Å². The highest BCUT2D eigenvalue weighted by Gasteiger charge is 2.30. The Kier molecular flexibility index (Phi) is 5.03. The minimum Gasteiger partial charge on any atom is -0.351 e. The Hall–Kier alpha value is -1.09. The molecule has 0 aromatic carbocycles. The first-order chi connectivity index (χ1) is 9.51. The van der Waals surface area contributed by atoms with E-state index in [-0.39, 0.29) is 0 Å². The van der Waals surface area contributed by atoms with Crippen molar-refractivity contribution in [3.63, 3.8) is 0 Å². The Bertz CT molecular complexity index is 442. The molecule has 1 aromatic rings. The second kappa shape index (κ2) is 6.57. The van der Waals surface area contributed by atoms with Crippen molar-refractivity contribution in [1.82, 2.24) is 10.3 Å². The molecule has 3 nitrogen and oxygen atoms in total.